The molecule has 0 aromatic carbocycles. The first kappa shape index (κ1) is 20.3. The Morgan fingerprint density at radius 2 is 1.93 bits per heavy atom. The van der Waals surface area contributed by atoms with Crippen LogP contribution in [0.3, 0.4) is 0 Å². The summed E-state index contributed by atoms with van der Waals surface area (Å²) in [5.41, 5.74) is 5.63. The number of hydrogen-bond acceptors (Lipinski definition) is 5. The first-order valence-electron chi connectivity index (χ1n) is 10.1. The van der Waals surface area contributed by atoms with Crippen molar-refractivity contribution in [2.45, 2.75) is 40.7 Å². The highest BCUT2D eigenvalue weighted by Gasteiger charge is 2.26. The molecule has 0 saturated carbocycles. The van der Waals surface area contributed by atoms with E-state index in [1.54, 1.807) is 0 Å². The molecule has 150 valence electrons. The van der Waals surface area contributed by atoms with Crippen molar-refractivity contribution in [1.82, 2.24) is 19.8 Å². The van der Waals surface area contributed by atoms with E-state index < -0.39 is 0 Å². The summed E-state index contributed by atoms with van der Waals surface area (Å²) in [5, 5.41) is 6.64. The van der Waals surface area contributed by atoms with E-state index in [1.165, 1.54) is 11.3 Å². The van der Waals surface area contributed by atoms with E-state index in [2.05, 4.69) is 47.7 Å². The summed E-state index contributed by atoms with van der Waals surface area (Å²) < 4.78 is 0. The van der Waals surface area contributed by atoms with E-state index >= 15 is 0 Å². The molecule has 0 aliphatic carbocycles. The van der Waals surface area contributed by atoms with Crippen molar-refractivity contribution in [3.05, 3.63) is 52.6 Å². The van der Waals surface area contributed by atoms with Crippen LogP contribution in [0.5, 0.6) is 0 Å². The number of nitrogens with zero attached hydrogens (tertiary/aromatic N) is 6. The maximum absolute atomic E-state index is 4.84. The van der Waals surface area contributed by atoms with E-state index in [0.29, 0.717) is 6.54 Å². The molecule has 2 aliphatic heterocycles. The number of aromatic nitrogens is 1. The number of hydrazone groups is 1. The van der Waals surface area contributed by atoms with Crippen molar-refractivity contribution in [2.24, 2.45) is 10.1 Å². The van der Waals surface area contributed by atoms with Crippen LogP contribution >= 0.6 is 0 Å². The van der Waals surface area contributed by atoms with Crippen molar-refractivity contribution in [3.63, 3.8) is 0 Å². The van der Waals surface area contributed by atoms with Gasteiger partial charge in [0.15, 0.2) is 5.84 Å². The zero-order valence-electron chi connectivity index (χ0n) is 17.8. The van der Waals surface area contributed by atoms with Crippen molar-refractivity contribution in [3.8, 4) is 0 Å². The second-order valence-corrected chi connectivity index (χ2v) is 7.64. The van der Waals surface area contributed by atoms with Crippen LogP contribution in [-0.4, -0.2) is 65.1 Å². The highest BCUT2D eigenvalue weighted by Crippen LogP contribution is 2.21. The van der Waals surface area contributed by atoms with Gasteiger partial charge >= 0.3 is 0 Å². The van der Waals surface area contributed by atoms with Crippen molar-refractivity contribution in [1.29, 1.82) is 0 Å². The smallest absolute Gasteiger partial charge is 0.159 e. The number of hydrogen-bond donors (Lipinski definition) is 0. The molecule has 1 aromatic rings. The highest BCUT2D eigenvalue weighted by molar-refractivity contribution is 6.18. The minimum atomic E-state index is 0.621. The zero-order chi connectivity index (χ0) is 20.1. The van der Waals surface area contributed by atoms with Crippen molar-refractivity contribution >= 4 is 12.1 Å². The number of piperazine rings is 1. The minimum Gasteiger partial charge on any atom is -0.372 e. The quantitative estimate of drug-likeness (QED) is 0.785. The Balaban J connectivity index is 1.89. The van der Waals surface area contributed by atoms with E-state index in [0.717, 1.165) is 55.4 Å². The van der Waals surface area contributed by atoms with Gasteiger partial charge in [-0.15, -0.1) is 0 Å². The SMILES string of the molecule is CC/C(C)=C/N=C1/C(=C(\C)N2CCN(C)CC2)C=NN1Cc1cccc(C)n1. The Labute approximate surface area is 169 Å². The Morgan fingerprint density at radius 3 is 2.61 bits per heavy atom. The summed E-state index contributed by atoms with van der Waals surface area (Å²) in [6.45, 7) is 13.3. The second-order valence-electron chi connectivity index (χ2n) is 7.64. The van der Waals surface area contributed by atoms with Gasteiger partial charge in [0, 0.05) is 43.8 Å². The van der Waals surface area contributed by atoms with E-state index in [9.17, 15) is 0 Å². The molecule has 1 fully saturated rings. The molecule has 0 amide bonds. The van der Waals surface area contributed by atoms with Crippen LogP contribution in [0.25, 0.3) is 0 Å². The first-order chi connectivity index (χ1) is 13.5. The van der Waals surface area contributed by atoms with Crippen LogP contribution in [0.4, 0.5) is 0 Å². The number of allylic oxidation sites excluding steroid dienone is 2. The third-order valence-electron chi connectivity index (χ3n) is 5.40. The normalized spacial score (nSPS) is 21.8. The van der Waals surface area contributed by atoms with Gasteiger partial charge in [-0.2, -0.15) is 5.10 Å². The maximum Gasteiger partial charge on any atom is 0.159 e. The molecule has 0 unspecified atom stereocenters. The molecule has 0 radical (unpaired) electrons. The second kappa shape index (κ2) is 9.15. The molecule has 6 heteroatoms. The summed E-state index contributed by atoms with van der Waals surface area (Å²) in [4.78, 5) is 14.3. The molecule has 2 aliphatic rings. The Morgan fingerprint density at radius 1 is 1.18 bits per heavy atom. The average molecular weight is 381 g/mol. The molecular weight excluding hydrogens is 348 g/mol. The van der Waals surface area contributed by atoms with Gasteiger partial charge in [-0.05, 0) is 46.4 Å². The van der Waals surface area contributed by atoms with E-state index in [-0.39, 0.29) is 0 Å². The van der Waals surface area contributed by atoms with Crippen LogP contribution in [0.2, 0.25) is 0 Å². The fraction of sp³-hybridized carbons (Fsp3) is 0.500. The van der Waals surface area contributed by atoms with Gasteiger partial charge in [-0.1, -0.05) is 18.6 Å². The van der Waals surface area contributed by atoms with Gasteiger partial charge in [0.05, 0.1) is 24.0 Å². The lowest BCUT2D eigenvalue weighted by atomic mass is 10.1. The molecule has 0 spiro atoms. The summed E-state index contributed by atoms with van der Waals surface area (Å²) in [5.74, 6) is 0.910. The lowest BCUT2D eigenvalue weighted by Crippen LogP contribution is -2.44. The molecule has 3 heterocycles. The predicted molar refractivity (Wildman–Crippen MR) is 116 cm³/mol. The van der Waals surface area contributed by atoms with Gasteiger partial charge in [-0.25, -0.2) is 10.0 Å². The zero-order valence-corrected chi connectivity index (χ0v) is 17.8. The number of pyridine rings is 1. The Kier molecular flexibility index (Phi) is 6.62. The van der Waals surface area contributed by atoms with Crippen LogP contribution in [0.15, 0.2) is 51.3 Å². The number of rotatable bonds is 5. The summed E-state index contributed by atoms with van der Waals surface area (Å²) >= 11 is 0. The van der Waals surface area contributed by atoms with E-state index in [4.69, 9.17) is 4.99 Å². The lowest BCUT2D eigenvalue weighted by molar-refractivity contribution is 0.186. The number of amidine groups is 1. The molecule has 0 bridgehead atoms. The lowest BCUT2D eigenvalue weighted by Gasteiger charge is -2.35. The van der Waals surface area contributed by atoms with Crippen molar-refractivity contribution in [2.75, 3.05) is 33.2 Å². The third kappa shape index (κ3) is 4.87. The van der Waals surface area contributed by atoms with Gasteiger partial charge in [-0.3, -0.25) is 4.98 Å². The standard InChI is InChI=1S/C22H32N6/c1-6-17(2)14-23-22-21(19(4)27-12-10-26(5)11-13-27)15-24-28(22)16-20-9-7-8-18(3)25-20/h7-9,14-15H,6,10-13,16H2,1-5H3/b17-14+,21-19+,23-22-. The van der Waals surface area contributed by atoms with Gasteiger partial charge < -0.3 is 9.80 Å². The monoisotopic (exact) mass is 380 g/mol. The molecule has 1 saturated heterocycles. The molecular formula is C22H32N6. The molecule has 6 nitrogen and oxygen atoms in total. The average Bonchev–Trinajstić information content (AvgIpc) is 3.08. The fourth-order valence-electron chi connectivity index (χ4n) is 3.30. The molecule has 0 atom stereocenters. The number of aliphatic imine (C=N–C) groups is 1. The highest BCUT2D eigenvalue weighted by atomic mass is 15.5. The Hall–Kier alpha value is -2.47. The molecule has 0 N–H and O–H groups in total. The largest absolute Gasteiger partial charge is 0.372 e. The minimum absolute atomic E-state index is 0.621. The van der Waals surface area contributed by atoms with Gasteiger partial charge in [0.25, 0.3) is 0 Å². The molecule has 1 aromatic heterocycles. The number of aryl methyl sites for hydroxylation is 1. The van der Waals surface area contributed by atoms with E-state index in [1.807, 2.05) is 42.5 Å². The topological polar surface area (TPSA) is 47.3 Å². The van der Waals surface area contributed by atoms with Crippen LogP contribution in [0.1, 0.15) is 38.6 Å². The summed E-state index contributed by atoms with van der Waals surface area (Å²) in [6.07, 6.45) is 4.92. The van der Waals surface area contributed by atoms with Crippen LogP contribution < -0.4 is 0 Å². The van der Waals surface area contributed by atoms with Crippen molar-refractivity contribution < 1.29 is 0 Å². The third-order valence-corrected chi connectivity index (χ3v) is 5.40. The number of likely N-dealkylation sites (N-methyl/N-ethyl adjacent to an activating group) is 1. The summed E-state index contributed by atoms with van der Waals surface area (Å²) in [6, 6.07) is 6.10. The molecule has 28 heavy (non-hydrogen) atoms. The summed E-state index contributed by atoms with van der Waals surface area (Å²) in [7, 11) is 2.18. The maximum atomic E-state index is 4.84. The van der Waals surface area contributed by atoms with Crippen LogP contribution in [-0.2, 0) is 6.54 Å². The fourth-order valence-corrected chi connectivity index (χ4v) is 3.30. The van der Waals surface area contributed by atoms with Crippen LogP contribution in [0, 0.1) is 6.92 Å². The van der Waals surface area contributed by atoms with Gasteiger partial charge in [0.2, 0.25) is 0 Å². The Bertz CT molecular complexity index is 812. The predicted octanol–water partition coefficient (Wildman–Crippen LogP) is 3.43. The molecule has 3 rings (SSSR count). The first-order valence-corrected chi connectivity index (χ1v) is 10.1. The van der Waals surface area contributed by atoms with Gasteiger partial charge in [0.1, 0.15) is 0 Å².